The summed E-state index contributed by atoms with van der Waals surface area (Å²) in [7, 11) is 2.21. The lowest BCUT2D eigenvalue weighted by atomic mass is 10.1. The summed E-state index contributed by atoms with van der Waals surface area (Å²) in [5.41, 5.74) is 3.94. The Labute approximate surface area is 99.4 Å². The molecule has 1 heterocycles. The van der Waals surface area contributed by atoms with Crippen molar-refractivity contribution >= 4 is 14.2 Å². The molecule has 2 unspecified atom stereocenters. The zero-order valence-electron chi connectivity index (χ0n) is 10.8. The molecule has 0 amide bonds. The summed E-state index contributed by atoms with van der Waals surface area (Å²) in [5.74, 6) is 0. The third-order valence-corrected chi connectivity index (χ3v) is 9.21. The Bertz CT molecular complexity index is 362. The number of benzene rings is 1. The largest absolute Gasteiger partial charge is 0.402 e. The summed E-state index contributed by atoms with van der Waals surface area (Å²) in [6.45, 7) is 6.89. The topological polar surface area (TPSA) is 12.5 Å². The van der Waals surface area contributed by atoms with Gasteiger partial charge in [0.15, 0.2) is 0 Å². The van der Waals surface area contributed by atoms with E-state index in [1.54, 1.807) is 0 Å². The van der Waals surface area contributed by atoms with Crippen molar-refractivity contribution in [3.63, 3.8) is 0 Å². The smallest absolute Gasteiger partial charge is 0.310 e. The predicted molar refractivity (Wildman–Crippen MR) is 71.1 cm³/mol. The number of hydrogen-bond donors (Lipinski definition) is 0. The number of para-hydroxylation sites is 1. The lowest BCUT2D eigenvalue weighted by molar-refractivity contribution is 0.373. The minimum absolute atomic E-state index is 0.540. The standard InChI is InChI=1S/C13H21NOSi/c1-10(2)16(15-5)11(3)12-8-6-7-9-13(12)14(16)4/h6-11H,1-5H3. The molecule has 0 N–H and O–H groups in total. The number of hydrogen-bond acceptors (Lipinski definition) is 2. The van der Waals surface area contributed by atoms with Crippen molar-refractivity contribution in [3.8, 4) is 0 Å². The van der Waals surface area contributed by atoms with Crippen LogP contribution in [0.2, 0.25) is 5.54 Å². The molecule has 16 heavy (non-hydrogen) atoms. The SMILES string of the molecule is CO[Si]1(C(C)C)C(C)c2ccccc2N1C. The van der Waals surface area contributed by atoms with Gasteiger partial charge in [-0.2, -0.15) is 0 Å². The summed E-state index contributed by atoms with van der Waals surface area (Å²) in [6, 6.07) is 8.70. The van der Waals surface area contributed by atoms with E-state index >= 15 is 0 Å². The van der Waals surface area contributed by atoms with Gasteiger partial charge < -0.3 is 8.99 Å². The Morgan fingerprint density at radius 1 is 1.31 bits per heavy atom. The molecule has 1 aliphatic heterocycles. The Hall–Kier alpha value is -0.803. The summed E-state index contributed by atoms with van der Waals surface area (Å²) in [6.07, 6.45) is 0. The van der Waals surface area contributed by atoms with E-state index in [2.05, 4.69) is 56.6 Å². The first-order chi connectivity index (χ1) is 7.55. The van der Waals surface area contributed by atoms with Crippen molar-refractivity contribution in [3.05, 3.63) is 29.8 Å². The van der Waals surface area contributed by atoms with Gasteiger partial charge in [0, 0.05) is 18.3 Å². The zero-order valence-corrected chi connectivity index (χ0v) is 11.8. The summed E-state index contributed by atoms with van der Waals surface area (Å²) < 4.78 is 8.46. The minimum atomic E-state index is -1.86. The second kappa shape index (κ2) is 3.89. The summed E-state index contributed by atoms with van der Waals surface area (Å²) in [4.78, 5) is 0. The van der Waals surface area contributed by atoms with E-state index in [1.165, 1.54) is 11.3 Å². The van der Waals surface area contributed by atoms with Crippen LogP contribution in [-0.2, 0) is 4.43 Å². The molecule has 0 aliphatic carbocycles. The maximum Gasteiger partial charge on any atom is 0.310 e. The summed E-state index contributed by atoms with van der Waals surface area (Å²) in [5, 5.41) is 0. The number of fused-ring (bicyclic) bond motifs is 1. The molecule has 0 spiro atoms. The number of anilines is 1. The molecule has 0 saturated heterocycles. The van der Waals surface area contributed by atoms with Crippen LogP contribution in [0.15, 0.2) is 24.3 Å². The second-order valence-corrected chi connectivity index (χ2v) is 9.55. The third-order valence-electron chi connectivity index (χ3n) is 4.06. The van der Waals surface area contributed by atoms with Crippen LogP contribution < -0.4 is 4.57 Å². The van der Waals surface area contributed by atoms with Gasteiger partial charge in [0.05, 0.1) is 0 Å². The molecule has 0 fully saturated rings. The van der Waals surface area contributed by atoms with Crippen molar-refractivity contribution < 1.29 is 4.43 Å². The van der Waals surface area contributed by atoms with Crippen LogP contribution in [0.25, 0.3) is 0 Å². The van der Waals surface area contributed by atoms with E-state index in [1.807, 2.05) is 7.11 Å². The molecule has 0 radical (unpaired) electrons. The molecule has 1 aromatic rings. The molecular weight excluding hydrogens is 214 g/mol. The monoisotopic (exact) mass is 235 g/mol. The highest BCUT2D eigenvalue weighted by atomic mass is 28.4. The Morgan fingerprint density at radius 2 is 1.94 bits per heavy atom. The van der Waals surface area contributed by atoms with Gasteiger partial charge in [-0.1, -0.05) is 39.0 Å². The van der Waals surface area contributed by atoms with Crippen molar-refractivity contribution in [1.82, 2.24) is 0 Å². The van der Waals surface area contributed by atoms with Crippen LogP contribution >= 0.6 is 0 Å². The maximum atomic E-state index is 6.03. The van der Waals surface area contributed by atoms with E-state index in [-0.39, 0.29) is 0 Å². The van der Waals surface area contributed by atoms with Crippen LogP contribution in [0.4, 0.5) is 5.69 Å². The van der Waals surface area contributed by atoms with Gasteiger partial charge >= 0.3 is 8.48 Å². The van der Waals surface area contributed by atoms with Crippen LogP contribution in [0.5, 0.6) is 0 Å². The second-order valence-electron chi connectivity index (χ2n) is 4.95. The molecule has 88 valence electrons. The highest BCUT2D eigenvalue weighted by Crippen LogP contribution is 2.48. The van der Waals surface area contributed by atoms with Gasteiger partial charge in [-0.15, -0.1) is 0 Å². The van der Waals surface area contributed by atoms with Gasteiger partial charge in [-0.3, -0.25) is 0 Å². The number of nitrogens with zero attached hydrogens (tertiary/aromatic N) is 1. The summed E-state index contributed by atoms with van der Waals surface area (Å²) >= 11 is 0. The van der Waals surface area contributed by atoms with Crippen molar-refractivity contribution in [2.45, 2.75) is 31.9 Å². The highest BCUT2D eigenvalue weighted by Gasteiger charge is 2.54. The van der Waals surface area contributed by atoms with E-state index in [4.69, 9.17) is 4.43 Å². The van der Waals surface area contributed by atoms with E-state index in [9.17, 15) is 0 Å². The first kappa shape index (κ1) is 11.7. The van der Waals surface area contributed by atoms with Gasteiger partial charge in [-0.25, -0.2) is 0 Å². The van der Waals surface area contributed by atoms with Crippen molar-refractivity contribution in [2.24, 2.45) is 0 Å². The molecule has 0 saturated carbocycles. The molecule has 0 bridgehead atoms. The fourth-order valence-corrected chi connectivity index (χ4v) is 8.02. The van der Waals surface area contributed by atoms with Crippen molar-refractivity contribution in [1.29, 1.82) is 0 Å². The molecule has 2 rings (SSSR count). The van der Waals surface area contributed by atoms with Crippen LogP contribution in [0, 0.1) is 0 Å². The molecule has 2 nitrogen and oxygen atoms in total. The zero-order chi connectivity index (χ0) is 11.9. The molecule has 1 aliphatic rings. The Balaban J connectivity index is 2.56. The molecule has 3 heteroatoms. The van der Waals surface area contributed by atoms with E-state index in [0.717, 1.165) is 0 Å². The average Bonchev–Trinajstić information content (AvgIpc) is 2.50. The minimum Gasteiger partial charge on any atom is -0.402 e. The van der Waals surface area contributed by atoms with Gasteiger partial charge in [0.2, 0.25) is 0 Å². The fraction of sp³-hybridized carbons (Fsp3) is 0.538. The van der Waals surface area contributed by atoms with Crippen molar-refractivity contribution in [2.75, 3.05) is 18.7 Å². The van der Waals surface area contributed by atoms with Gasteiger partial charge in [0.25, 0.3) is 0 Å². The molecular formula is C13H21NOSi. The quantitative estimate of drug-likeness (QED) is 0.729. The van der Waals surface area contributed by atoms with Gasteiger partial charge in [-0.05, 0) is 24.2 Å². The lowest BCUT2D eigenvalue weighted by Gasteiger charge is -2.39. The number of rotatable bonds is 2. The van der Waals surface area contributed by atoms with Crippen LogP contribution in [0.1, 0.15) is 31.9 Å². The van der Waals surface area contributed by atoms with E-state index < -0.39 is 8.48 Å². The van der Waals surface area contributed by atoms with Crippen LogP contribution in [-0.4, -0.2) is 22.6 Å². The maximum absolute atomic E-state index is 6.03. The van der Waals surface area contributed by atoms with Crippen LogP contribution in [0.3, 0.4) is 0 Å². The lowest BCUT2D eigenvalue weighted by Crippen LogP contribution is -2.56. The Morgan fingerprint density at radius 3 is 2.44 bits per heavy atom. The predicted octanol–water partition coefficient (Wildman–Crippen LogP) is 3.28. The van der Waals surface area contributed by atoms with E-state index in [0.29, 0.717) is 11.1 Å². The fourth-order valence-electron chi connectivity index (χ4n) is 3.30. The normalized spacial score (nSPS) is 28.6. The first-order valence-corrected chi connectivity index (χ1v) is 7.94. The average molecular weight is 235 g/mol. The Kier molecular flexibility index (Phi) is 2.84. The highest BCUT2D eigenvalue weighted by molar-refractivity contribution is 6.81. The third kappa shape index (κ3) is 1.28. The molecule has 2 atom stereocenters. The first-order valence-electron chi connectivity index (χ1n) is 5.93. The molecule has 1 aromatic carbocycles. The van der Waals surface area contributed by atoms with Gasteiger partial charge in [0.1, 0.15) is 0 Å². The molecule has 0 aromatic heterocycles.